The molecule has 6 rings (SSSR count). The van der Waals surface area contributed by atoms with Gasteiger partial charge < -0.3 is 19.4 Å². The summed E-state index contributed by atoms with van der Waals surface area (Å²) in [7, 11) is 0. The summed E-state index contributed by atoms with van der Waals surface area (Å²) in [5.74, 6) is -1.07. The first-order valence-electron chi connectivity index (χ1n) is 12.5. The van der Waals surface area contributed by atoms with Crippen molar-refractivity contribution in [1.29, 1.82) is 0 Å². The third-order valence-corrected chi connectivity index (χ3v) is 7.90. The van der Waals surface area contributed by atoms with Gasteiger partial charge in [0.2, 0.25) is 0 Å². The van der Waals surface area contributed by atoms with Crippen molar-refractivity contribution in [1.82, 2.24) is 19.6 Å². The fraction of sp³-hybridized carbons (Fsp3) is 0.600. The first-order valence-corrected chi connectivity index (χ1v) is 12.5. The monoisotopic (exact) mass is 471 g/mol. The van der Waals surface area contributed by atoms with Crippen molar-refractivity contribution in [3.05, 3.63) is 36.2 Å². The molecule has 5 heterocycles. The van der Waals surface area contributed by atoms with E-state index in [1.807, 2.05) is 14.7 Å². The Balaban J connectivity index is 1.14. The zero-order valence-electron chi connectivity index (χ0n) is 19.3. The Bertz CT molecular complexity index is 1050. The highest BCUT2D eigenvalue weighted by atomic mass is 19.2. The molecule has 3 atom stereocenters. The summed E-state index contributed by atoms with van der Waals surface area (Å²) in [4.78, 5) is 18.5. The number of anilines is 1. The lowest BCUT2D eigenvalue weighted by atomic mass is 10.0. The predicted octanol–water partition coefficient (Wildman–Crippen LogP) is 4.11. The van der Waals surface area contributed by atoms with Crippen LogP contribution in [0.4, 0.5) is 19.3 Å². The second-order valence-electron chi connectivity index (χ2n) is 10.1. The molecule has 3 unspecified atom stereocenters. The SMILES string of the molecule is O=C(N1CCCC1)N1CC2CN(c3ccc(-c4cnn(C5CCCCO5)c4)c(F)c3F)CC2C1. The number of urea groups is 1. The number of carbonyl (C=O) groups excluding carboxylic acids is 1. The van der Waals surface area contributed by atoms with E-state index < -0.39 is 11.6 Å². The number of nitrogens with zero attached hydrogens (tertiary/aromatic N) is 5. The number of hydrogen-bond acceptors (Lipinski definition) is 4. The fourth-order valence-electron chi connectivity index (χ4n) is 6.03. The molecule has 0 saturated carbocycles. The highest BCUT2D eigenvalue weighted by Crippen LogP contribution is 2.38. The van der Waals surface area contributed by atoms with Crippen LogP contribution in [0.15, 0.2) is 24.5 Å². The minimum atomic E-state index is -0.843. The van der Waals surface area contributed by atoms with Crippen molar-refractivity contribution in [2.24, 2.45) is 11.8 Å². The van der Waals surface area contributed by atoms with Crippen LogP contribution in [0.2, 0.25) is 0 Å². The number of amides is 2. The lowest BCUT2D eigenvalue weighted by Crippen LogP contribution is -2.42. The smallest absolute Gasteiger partial charge is 0.320 e. The van der Waals surface area contributed by atoms with Gasteiger partial charge in [-0.3, -0.25) is 0 Å². The van der Waals surface area contributed by atoms with Crippen LogP contribution in [0, 0.1) is 23.5 Å². The zero-order chi connectivity index (χ0) is 23.2. The van der Waals surface area contributed by atoms with Crippen LogP contribution in [0.5, 0.6) is 0 Å². The molecular formula is C25H31F2N5O2. The Kier molecular flexibility index (Phi) is 5.67. The van der Waals surface area contributed by atoms with Gasteiger partial charge in [-0.15, -0.1) is 0 Å². The van der Waals surface area contributed by atoms with Crippen molar-refractivity contribution >= 4 is 11.7 Å². The molecule has 0 spiro atoms. The molecule has 1 aromatic heterocycles. The molecule has 34 heavy (non-hydrogen) atoms. The van der Waals surface area contributed by atoms with E-state index in [1.165, 1.54) is 0 Å². The number of aromatic nitrogens is 2. The van der Waals surface area contributed by atoms with Gasteiger partial charge in [0.05, 0.1) is 11.9 Å². The summed E-state index contributed by atoms with van der Waals surface area (Å²) in [6.45, 7) is 5.06. The number of likely N-dealkylation sites (tertiary alicyclic amines) is 2. The van der Waals surface area contributed by atoms with Crippen molar-refractivity contribution < 1.29 is 18.3 Å². The number of benzene rings is 1. The van der Waals surface area contributed by atoms with E-state index >= 15 is 8.78 Å². The average Bonchev–Trinajstić information content (AvgIpc) is 3.64. The Morgan fingerprint density at radius 2 is 1.71 bits per heavy atom. The highest BCUT2D eigenvalue weighted by molar-refractivity contribution is 5.75. The van der Waals surface area contributed by atoms with Gasteiger partial charge in [-0.25, -0.2) is 18.3 Å². The highest BCUT2D eigenvalue weighted by Gasteiger charge is 2.43. The first-order chi connectivity index (χ1) is 16.6. The number of hydrogen-bond donors (Lipinski definition) is 0. The summed E-state index contributed by atoms with van der Waals surface area (Å²) in [5, 5.41) is 4.33. The molecule has 1 aromatic carbocycles. The number of rotatable bonds is 3. The van der Waals surface area contributed by atoms with Crippen LogP contribution in [-0.4, -0.2) is 71.5 Å². The van der Waals surface area contributed by atoms with Crippen molar-refractivity contribution in [2.75, 3.05) is 50.8 Å². The minimum Gasteiger partial charge on any atom is -0.368 e. The third-order valence-electron chi connectivity index (χ3n) is 7.90. The van der Waals surface area contributed by atoms with E-state index in [0.717, 1.165) is 45.2 Å². The molecule has 0 radical (unpaired) electrons. The summed E-state index contributed by atoms with van der Waals surface area (Å²) in [6, 6.07) is 3.46. The molecule has 0 aliphatic carbocycles. The molecule has 2 aromatic rings. The number of carbonyl (C=O) groups is 1. The van der Waals surface area contributed by atoms with Gasteiger partial charge in [-0.2, -0.15) is 5.10 Å². The molecule has 2 amide bonds. The van der Waals surface area contributed by atoms with E-state index in [4.69, 9.17) is 4.74 Å². The Morgan fingerprint density at radius 1 is 0.941 bits per heavy atom. The fourth-order valence-corrected chi connectivity index (χ4v) is 6.03. The van der Waals surface area contributed by atoms with Crippen LogP contribution >= 0.6 is 0 Å². The number of halogens is 2. The van der Waals surface area contributed by atoms with Crippen LogP contribution in [0.1, 0.15) is 38.3 Å². The molecule has 4 fully saturated rings. The Labute approximate surface area is 198 Å². The van der Waals surface area contributed by atoms with Crippen LogP contribution in [0.3, 0.4) is 0 Å². The van der Waals surface area contributed by atoms with Gasteiger partial charge in [0.25, 0.3) is 0 Å². The van der Waals surface area contributed by atoms with E-state index in [9.17, 15) is 4.79 Å². The summed E-state index contributed by atoms with van der Waals surface area (Å²) < 4.78 is 37.8. The second-order valence-corrected chi connectivity index (χ2v) is 10.1. The van der Waals surface area contributed by atoms with E-state index in [2.05, 4.69) is 5.10 Å². The molecule has 0 bridgehead atoms. The molecule has 7 nitrogen and oxygen atoms in total. The maximum Gasteiger partial charge on any atom is 0.320 e. The van der Waals surface area contributed by atoms with Gasteiger partial charge in [0.1, 0.15) is 6.23 Å². The third kappa shape index (κ3) is 3.83. The minimum absolute atomic E-state index is 0.138. The number of fused-ring (bicyclic) bond motifs is 1. The van der Waals surface area contributed by atoms with E-state index in [0.29, 0.717) is 55.9 Å². The standard InChI is InChI=1S/C25H31F2N5O2/c26-23-20(17-11-28-32(16-17)22-5-1-4-10-34-22)6-7-21(24(23)27)30-12-18-14-31(15-19(18)13-30)25(33)29-8-2-3-9-29/h6-7,11,16,18-19,22H,1-5,8-10,12-15H2. The maximum absolute atomic E-state index is 15.2. The zero-order valence-corrected chi connectivity index (χ0v) is 19.3. The summed E-state index contributed by atoms with van der Waals surface area (Å²) >= 11 is 0. The van der Waals surface area contributed by atoms with Crippen LogP contribution in [0.25, 0.3) is 11.1 Å². The topological polar surface area (TPSA) is 53.8 Å². The summed E-state index contributed by atoms with van der Waals surface area (Å²) in [6.07, 6.45) is 8.30. The Hall–Kier alpha value is -2.68. The molecule has 0 N–H and O–H groups in total. The Morgan fingerprint density at radius 3 is 2.41 bits per heavy atom. The quantitative estimate of drug-likeness (QED) is 0.676. The second kappa shape index (κ2) is 8.83. The summed E-state index contributed by atoms with van der Waals surface area (Å²) in [5.41, 5.74) is 1.06. The predicted molar refractivity (Wildman–Crippen MR) is 123 cm³/mol. The van der Waals surface area contributed by atoms with Crippen molar-refractivity contribution in [2.45, 2.75) is 38.3 Å². The lowest BCUT2D eigenvalue weighted by molar-refractivity contribution is -0.0394. The average molecular weight is 472 g/mol. The molecule has 4 aliphatic heterocycles. The van der Waals surface area contributed by atoms with Crippen LogP contribution < -0.4 is 4.90 Å². The molecular weight excluding hydrogens is 440 g/mol. The van der Waals surface area contributed by atoms with E-state index in [1.54, 1.807) is 29.2 Å². The van der Waals surface area contributed by atoms with Gasteiger partial charge in [-0.1, -0.05) is 0 Å². The number of ether oxygens (including phenoxy) is 1. The van der Waals surface area contributed by atoms with Gasteiger partial charge >= 0.3 is 6.03 Å². The van der Waals surface area contributed by atoms with Crippen LogP contribution in [-0.2, 0) is 4.74 Å². The van der Waals surface area contributed by atoms with E-state index in [-0.39, 0.29) is 17.8 Å². The largest absolute Gasteiger partial charge is 0.368 e. The molecule has 4 saturated heterocycles. The van der Waals surface area contributed by atoms with Crippen molar-refractivity contribution in [3.63, 3.8) is 0 Å². The molecule has 9 heteroatoms. The maximum atomic E-state index is 15.2. The molecule has 182 valence electrons. The van der Waals surface area contributed by atoms with Crippen molar-refractivity contribution in [3.8, 4) is 11.1 Å². The lowest BCUT2D eigenvalue weighted by Gasteiger charge is -2.27. The van der Waals surface area contributed by atoms with Gasteiger partial charge in [0, 0.05) is 75.0 Å². The van der Waals surface area contributed by atoms with Gasteiger partial charge in [-0.05, 0) is 44.2 Å². The first kappa shape index (κ1) is 21.8. The van der Waals surface area contributed by atoms with Gasteiger partial charge in [0.15, 0.2) is 11.6 Å². The molecule has 4 aliphatic rings. The normalized spacial score (nSPS) is 27.0.